The molecule has 0 unspecified atom stereocenters. The van der Waals surface area contributed by atoms with Crippen molar-refractivity contribution in [1.29, 1.82) is 0 Å². The van der Waals surface area contributed by atoms with Gasteiger partial charge in [-0.3, -0.25) is 10.1 Å². The van der Waals surface area contributed by atoms with Crippen LogP contribution in [-0.4, -0.2) is 110 Å². The third-order valence-corrected chi connectivity index (χ3v) is 5.84. The normalized spacial score (nSPS) is 10.9. The summed E-state index contributed by atoms with van der Waals surface area (Å²) in [5.74, 6) is 0.183. The third-order valence-electron chi connectivity index (χ3n) is 5.84. The van der Waals surface area contributed by atoms with Crippen molar-refractivity contribution in [2.24, 2.45) is 0 Å². The smallest absolute Gasteiger partial charge is 0.338 e. The Morgan fingerprint density at radius 2 is 1.11 bits per heavy atom. The molecule has 13 heteroatoms. The van der Waals surface area contributed by atoms with Crippen molar-refractivity contribution in [1.82, 2.24) is 0 Å². The summed E-state index contributed by atoms with van der Waals surface area (Å²) in [7, 11) is 0. The predicted octanol–water partition coefficient (Wildman–Crippen LogP) is 4.14. The molecule has 0 aromatic heterocycles. The number of nitrogens with zero attached hydrogens (tertiary/aromatic N) is 1. The Labute approximate surface area is 259 Å². The molecule has 2 aromatic carbocycles. The summed E-state index contributed by atoms with van der Waals surface area (Å²) in [5, 5.41) is 13.9. The molecule has 13 nitrogen and oxygen atoms in total. The molecule has 0 saturated carbocycles. The fraction of sp³-hybridized carbons (Fsp3) is 0.581. The summed E-state index contributed by atoms with van der Waals surface area (Å²) in [6.45, 7) is 8.69. The second-order valence-electron chi connectivity index (χ2n) is 9.27. The van der Waals surface area contributed by atoms with Crippen molar-refractivity contribution in [3.8, 4) is 5.75 Å². The van der Waals surface area contributed by atoms with E-state index in [1.54, 1.807) is 24.3 Å². The van der Waals surface area contributed by atoms with E-state index in [1.165, 1.54) is 12.1 Å². The van der Waals surface area contributed by atoms with Crippen molar-refractivity contribution >= 4 is 17.3 Å². The molecule has 0 heterocycles. The first kappa shape index (κ1) is 36.9. The number of carbonyl (C=O) groups excluding carboxylic acids is 1. The van der Waals surface area contributed by atoms with Gasteiger partial charge in [-0.1, -0.05) is 13.3 Å². The second-order valence-corrected chi connectivity index (χ2v) is 9.27. The SMILES string of the molecule is CCCCNc1ccc(C(=O)OCCOCCOCCOCCOCCOCCOCCOc2ccc([N+](=O)[O-])cc2)cc1. The summed E-state index contributed by atoms with van der Waals surface area (Å²) < 4.78 is 43.3. The Kier molecular flexibility index (Phi) is 21.0. The molecule has 0 bridgehead atoms. The van der Waals surface area contributed by atoms with E-state index in [0.717, 1.165) is 25.1 Å². The van der Waals surface area contributed by atoms with E-state index in [0.29, 0.717) is 97.2 Å². The minimum Gasteiger partial charge on any atom is -0.491 e. The highest BCUT2D eigenvalue weighted by atomic mass is 16.6. The Hall–Kier alpha value is -3.33. The van der Waals surface area contributed by atoms with Crippen LogP contribution in [0.4, 0.5) is 11.4 Å². The number of carbonyl (C=O) groups is 1. The molecular weight excluding hydrogens is 576 g/mol. The minimum absolute atomic E-state index is 0.0224. The van der Waals surface area contributed by atoms with Crippen molar-refractivity contribution in [2.75, 3.05) is 104 Å². The molecule has 0 aliphatic rings. The highest BCUT2D eigenvalue weighted by Crippen LogP contribution is 2.17. The molecular formula is C31H46N2O11. The highest BCUT2D eigenvalue weighted by molar-refractivity contribution is 5.89. The maximum atomic E-state index is 12.1. The number of hydrogen-bond acceptors (Lipinski definition) is 12. The number of non-ortho nitro benzene ring substituents is 1. The lowest BCUT2D eigenvalue weighted by molar-refractivity contribution is -0.384. The number of nitro groups is 1. The number of nitrogens with one attached hydrogen (secondary N) is 1. The third kappa shape index (κ3) is 18.4. The largest absolute Gasteiger partial charge is 0.491 e. The maximum Gasteiger partial charge on any atom is 0.338 e. The van der Waals surface area contributed by atoms with Gasteiger partial charge in [0.1, 0.15) is 19.0 Å². The van der Waals surface area contributed by atoms with E-state index in [9.17, 15) is 14.9 Å². The molecule has 0 spiro atoms. The number of rotatable bonds is 28. The first-order valence-corrected chi connectivity index (χ1v) is 14.9. The van der Waals surface area contributed by atoms with Gasteiger partial charge in [0.05, 0.1) is 89.8 Å². The van der Waals surface area contributed by atoms with Gasteiger partial charge in [-0.25, -0.2) is 4.79 Å². The molecule has 2 aromatic rings. The highest BCUT2D eigenvalue weighted by Gasteiger charge is 2.07. The van der Waals surface area contributed by atoms with Crippen LogP contribution in [0.1, 0.15) is 30.1 Å². The van der Waals surface area contributed by atoms with Gasteiger partial charge >= 0.3 is 5.97 Å². The molecule has 0 radical (unpaired) electrons. The molecule has 0 atom stereocenters. The number of esters is 1. The van der Waals surface area contributed by atoms with Gasteiger partial charge in [-0.05, 0) is 42.8 Å². The van der Waals surface area contributed by atoms with Crippen LogP contribution in [0.5, 0.6) is 5.75 Å². The van der Waals surface area contributed by atoms with Gasteiger partial charge in [0.25, 0.3) is 5.69 Å². The van der Waals surface area contributed by atoms with E-state index >= 15 is 0 Å². The molecule has 0 aliphatic heterocycles. The molecule has 0 saturated heterocycles. The van der Waals surface area contributed by atoms with E-state index < -0.39 is 4.92 Å². The van der Waals surface area contributed by atoms with Gasteiger partial charge in [-0.2, -0.15) is 0 Å². The molecule has 0 aliphatic carbocycles. The van der Waals surface area contributed by atoms with Crippen LogP contribution in [-0.2, 0) is 33.2 Å². The van der Waals surface area contributed by atoms with Crippen LogP contribution in [0.2, 0.25) is 0 Å². The zero-order chi connectivity index (χ0) is 31.5. The Bertz CT molecular complexity index is 1010. The number of hydrogen-bond donors (Lipinski definition) is 1. The van der Waals surface area contributed by atoms with E-state index in [1.807, 2.05) is 12.1 Å². The van der Waals surface area contributed by atoms with Gasteiger partial charge < -0.3 is 43.2 Å². The van der Waals surface area contributed by atoms with Crippen molar-refractivity contribution in [2.45, 2.75) is 19.8 Å². The van der Waals surface area contributed by atoms with Crippen molar-refractivity contribution in [3.05, 3.63) is 64.2 Å². The number of ether oxygens (including phenoxy) is 8. The number of unbranched alkanes of at least 4 members (excludes halogenated alkanes) is 1. The van der Waals surface area contributed by atoms with Gasteiger partial charge in [0, 0.05) is 24.4 Å². The first-order chi connectivity index (χ1) is 21.6. The van der Waals surface area contributed by atoms with Crippen LogP contribution in [0, 0.1) is 10.1 Å². The second kappa shape index (κ2) is 25.0. The average molecular weight is 623 g/mol. The van der Waals surface area contributed by atoms with Crippen LogP contribution in [0.15, 0.2) is 48.5 Å². The standard InChI is InChI=1S/C31H46N2O11/c1-2-3-12-32-28-6-4-27(5-7-28)31(34)44-26-24-42-22-20-40-18-16-38-14-13-37-15-17-39-19-21-41-23-25-43-30-10-8-29(9-11-30)33(35)36/h4-11,32H,2-3,12-26H2,1H3. The van der Waals surface area contributed by atoms with Crippen LogP contribution in [0.3, 0.4) is 0 Å². The lowest BCUT2D eigenvalue weighted by Crippen LogP contribution is -2.15. The fourth-order valence-corrected chi connectivity index (χ4v) is 3.49. The number of nitro benzene ring substituents is 1. The molecule has 0 amide bonds. The Balaban J connectivity index is 1.26. The quantitative estimate of drug-likeness (QED) is 0.0630. The van der Waals surface area contributed by atoms with E-state index in [-0.39, 0.29) is 18.3 Å². The molecule has 246 valence electrons. The predicted molar refractivity (Wildman–Crippen MR) is 164 cm³/mol. The first-order valence-electron chi connectivity index (χ1n) is 14.9. The van der Waals surface area contributed by atoms with Crippen molar-refractivity contribution in [3.63, 3.8) is 0 Å². The fourth-order valence-electron chi connectivity index (χ4n) is 3.49. The minimum atomic E-state index is -0.455. The number of anilines is 1. The van der Waals surface area contributed by atoms with Crippen LogP contribution in [0.25, 0.3) is 0 Å². The Morgan fingerprint density at radius 1 is 0.659 bits per heavy atom. The van der Waals surface area contributed by atoms with E-state index in [2.05, 4.69) is 12.2 Å². The number of benzene rings is 2. The monoisotopic (exact) mass is 622 g/mol. The molecule has 44 heavy (non-hydrogen) atoms. The van der Waals surface area contributed by atoms with Crippen molar-refractivity contribution < 1.29 is 47.6 Å². The summed E-state index contributed by atoms with van der Waals surface area (Å²) in [6, 6.07) is 13.2. The molecule has 0 fully saturated rings. The zero-order valence-corrected chi connectivity index (χ0v) is 25.6. The van der Waals surface area contributed by atoms with Gasteiger partial charge in [0.15, 0.2) is 0 Å². The average Bonchev–Trinajstić information content (AvgIpc) is 3.04. The van der Waals surface area contributed by atoms with Crippen LogP contribution >= 0.6 is 0 Å². The molecule has 1 N–H and O–H groups in total. The molecule has 2 rings (SSSR count). The summed E-state index contributed by atoms with van der Waals surface area (Å²) in [6.07, 6.45) is 2.23. The van der Waals surface area contributed by atoms with Gasteiger partial charge in [-0.15, -0.1) is 0 Å². The Morgan fingerprint density at radius 3 is 1.57 bits per heavy atom. The topological polar surface area (TPSA) is 146 Å². The van der Waals surface area contributed by atoms with E-state index in [4.69, 9.17) is 37.9 Å². The zero-order valence-electron chi connectivity index (χ0n) is 25.6. The van der Waals surface area contributed by atoms with Gasteiger partial charge in [0.2, 0.25) is 0 Å². The lowest BCUT2D eigenvalue weighted by atomic mass is 10.2. The van der Waals surface area contributed by atoms with Crippen LogP contribution < -0.4 is 10.1 Å². The summed E-state index contributed by atoms with van der Waals surface area (Å²) in [5.41, 5.74) is 1.52. The maximum absolute atomic E-state index is 12.1. The summed E-state index contributed by atoms with van der Waals surface area (Å²) in [4.78, 5) is 22.3. The summed E-state index contributed by atoms with van der Waals surface area (Å²) >= 11 is 0. The lowest BCUT2D eigenvalue weighted by Gasteiger charge is -2.09.